The van der Waals surface area contributed by atoms with Gasteiger partial charge in [0.05, 0.1) is 0 Å². The van der Waals surface area contributed by atoms with E-state index < -0.39 is 0 Å². The van der Waals surface area contributed by atoms with Gasteiger partial charge in [-0.2, -0.15) is 0 Å². The molecule has 15 heavy (non-hydrogen) atoms. The maximum atomic E-state index is 6.33. The Hall–Kier alpha value is -0.120. The second-order valence-corrected chi connectivity index (χ2v) is 5.47. The van der Waals surface area contributed by atoms with Crippen molar-refractivity contribution in [2.75, 3.05) is 19.8 Å². The zero-order valence-corrected chi connectivity index (χ0v) is 9.80. The minimum absolute atomic E-state index is 0.00984. The Balaban J connectivity index is 1.72. The van der Waals surface area contributed by atoms with E-state index >= 15 is 0 Å². The first-order valence-corrected chi connectivity index (χ1v) is 6.28. The monoisotopic (exact) mass is 212 g/mol. The molecule has 3 heteroatoms. The summed E-state index contributed by atoms with van der Waals surface area (Å²) in [7, 11) is 0. The molecular formula is C12H24N2O. The Morgan fingerprint density at radius 3 is 2.67 bits per heavy atom. The topological polar surface area (TPSA) is 47.3 Å². The second-order valence-electron chi connectivity index (χ2n) is 5.47. The van der Waals surface area contributed by atoms with Gasteiger partial charge in [0.1, 0.15) is 0 Å². The van der Waals surface area contributed by atoms with Crippen molar-refractivity contribution in [2.24, 2.45) is 11.7 Å². The van der Waals surface area contributed by atoms with Crippen LogP contribution in [0.25, 0.3) is 0 Å². The summed E-state index contributed by atoms with van der Waals surface area (Å²) < 4.78 is 5.35. The molecule has 2 atom stereocenters. The molecule has 0 amide bonds. The van der Waals surface area contributed by atoms with Gasteiger partial charge >= 0.3 is 0 Å². The van der Waals surface area contributed by atoms with Crippen molar-refractivity contribution in [1.82, 2.24) is 5.32 Å². The fourth-order valence-electron chi connectivity index (χ4n) is 2.69. The lowest BCUT2D eigenvalue weighted by molar-refractivity contribution is 0.0522. The normalized spacial score (nSPS) is 35.6. The van der Waals surface area contributed by atoms with Crippen LogP contribution in [0.2, 0.25) is 0 Å². The van der Waals surface area contributed by atoms with Crippen molar-refractivity contribution >= 4 is 0 Å². The van der Waals surface area contributed by atoms with Crippen LogP contribution in [-0.2, 0) is 4.74 Å². The van der Waals surface area contributed by atoms with Gasteiger partial charge in [0.15, 0.2) is 0 Å². The molecule has 1 aliphatic heterocycles. The second kappa shape index (κ2) is 4.81. The number of nitrogens with two attached hydrogens (primary N) is 1. The smallest absolute Gasteiger partial charge is 0.0484 e. The average Bonchev–Trinajstić information content (AvgIpc) is 2.63. The first-order valence-electron chi connectivity index (χ1n) is 6.28. The van der Waals surface area contributed by atoms with Crippen LogP contribution >= 0.6 is 0 Å². The van der Waals surface area contributed by atoms with Crippen LogP contribution in [0, 0.1) is 5.92 Å². The minimum Gasteiger partial charge on any atom is -0.381 e. The molecule has 0 spiro atoms. The molecule has 1 heterocycles. The standard InChI is InChI=1S/C12H24N2O/c1-10-2-3-11(8-10)14-9-12(13)4-6-15-7-5-12/h10-11,14H,2-9,13H2,1H3. The SMILES string of the molecule is CC1CCC(NCC2(N)CCOCC2)C1. The summed E-state index contributed by atoms with van der Waals surface area (Å²) in [5.41, 5.74) is 6.32. The molecule has 1 saturated carbocycles. The van der Waals surface area contributed by atoms with E-state index in [0.29, 0.717) is 6.04 Å². The summed E-state index contributed by atoms with van der Waals surface area (Å²) in [6.07, 6.45) is 6.03. The van der Waals surface area contributed by atoms with Crippen LogP contribution in [0.3, 0.4) is 0 Å². The number of ether oxygens (including phenoxy) is 1. The lowest BCUT2D eigenvalue weighted by atomic mass is 9.91. The largest absolute Gasteiger partial charge is 0.381 e. The van der Waals surface area contributed by atoms with E-state index in [-0.39, 0.29) is 5.54 Å². The Kier molecular flexibility index (Phi) is 3.65. The molecule has 0 aromatic rings. The highest BCUT2D eigenvalue weighted by atomic mass is 16.5. The molecule has 1 aliphatic carbocycles. The van der Waals surface area contributed by atoms with Crippen molar-refractivity contribution in [3.63, 3.8) is 0 Å². The van der Waals surface area contributed by atoms with Crippen LogP contribution < -0.4 is 11.1 Å². The molecule has 0 radical (unpaired) electrons. The third-order valence-corrected chi connectivity index (χ3v) is 3.93. The number of hydrogen-bond acceptors (Lipinski definition) is 3. The average molecular weight is 212 g/mol. The lowest BCUT2D eigenvalue weighted by Crippen LogP contribution is -2.53. The van der Waals surface area contributed by atoms with Gasteiger partial charge in [0.2, 0.25) is 0 Å². The van der Waals surface area contributed by atoms with Gasteiger partial charge in [0, 0.05) is 31.3 Å². The number of hydrogen-bond donors (Lipinski definition) is 2. The Morgan fingerprint density at radius 2 is 2.07 bits per heavy atom. The van der Waals surface area contributed by atoms with Gasteiger partial charge in [-0.1, -0.05) is 6.92 Å². The molecule has 2 fully saturated rings. The molecule has 0 aromatic carbocycles. The molecule has 2 rings (SSSR count). The van der Waals surface area contributed by atoms with E-state index in [4.69, 9.17) is 10.5 Å². The van der Waals surface area contributed by atoms with Crippen LogP contribution in [0.5, 0.6) is 0 Å². The molecule has 0 aromatic heterocycles. The van der Waals surface area contributed by atoms with Crippen molar-refractivity contribution in [3.05, 3.63) is 0 Å². The molecule has 2 unspecified atom stereocenters. The Morgan fingerprint density at radius 1 is 1.33 bits per heavy atom. The first kappa shape index (κ1) is 11.4. The molecule has 88 valence electrons. The quantitative estimate of drug-likeness (QED) is 0.740. The third-order valence-electron chi connectivity index (χ3n) is 3.93. The lowest BCUT2D eigenvalue weighted by Gasteiger charge is -2.34. The molecular weight excluding hydrogens is 188 g/mol. The highest BCUT2D eigenvalue weighted by molar-refractivity contribution is 4.90. The maximum Gasteiger partial charge on any atom is 0.0484 e. The fraction of sp³-hybridized carbons (Fsp3) is 1.00. The third kappa shape index (κ3) is 3.16. The predicted octanol–water partition coefficient (Wildman–Crippen LogP) is 1.27. The maximum absolute atomic E-state index is 6.33. The first-order chi connectivity index (χ1) is 7.18. The van der Waals surface area contributed by atoms with E-state index in [1.54, 1.807) is 0 Å². The molecule has 0 bridgehead atoms. The Labute approximate surface area is 92.7 Å². The van der Waals surface area contributed by atoms with E-state index in [0.717, 1.165) is 38.5 Å². The van der Waals surface area contributed by atoms with Gasteiger partial charge in [-0.15, -0.1) is 0 Å². The summed E-state index contributed by atoms with van der Waals surface area (Å²) >= 11 is 0. The van der Waals surface area contributed by atoms with Gasteiger partial charge < -0.3 is 15.8 Å². The van der Waals surface area contributed by atoms with Gasteiger partial charge in [-0.05, 0) is 38.0 Å². The van der Waals surface area contributed by atoms with E-state index in [2.05, 4.69) is 12.2 Å². The van der Waals surface area contributed by atoms with E-state index in [1.807, 2.05) is 0 Å². The molecule has 3 nitrogen and oxygen atoms in total. The summed E-state index contributed by atoms with van der Waals surface area (Å²) in [5, 5.41) is 3.64. The van der Waals surface area contributed by atoms with Crippen molar-refractivity contribution in [1.29, 1.82) is 0 Å². The summed E-state index contributed by atoms with van der Waals surface area (Å²) in [6.45, 7) is 4.97. The highest BCUT2D eigenvalue weighted by Crippen LogP contribution is 2.25. The van der Waals surface area contributed by atoms with Crippen LogP contribution in [-0.4, -0.2) is 31.3 Å². The summed E-state index contributed by atoms with van der Waals surface area (Å²) in [6, 6.07) is 0.711. The van der Waals surface area contributed by atoms with Gasteiger partial charge in [-0.25, -0.2) is 0 Å². The number of rotatable bonds is 3. The Bertz CT molecular complexity index is 202. The highest BCUT2D eigenvalue weighted by Gasteiger charge is 2.29. The zero-order chi connectivity index (χ0) is 10.7. The van der Waals surface area contributed by atoms with E-state index in [1.165, 1.54) is 19.3 Å². The van der Waals surface area contributed by atoms with Crippen LogP contribution in [0.4, 0.5) is 0 Å². The fourth-order valence-corrected chi connectivity index (χ4v) is 2.69. The van der Waals surface area contributed by atoms with E-state index in [9.17, 15) is 0 Å². The molecule has 3 N–H and O–H groups in total. The number of nitrogens with one attached hydrogen (secondary N) is 1. The summed E-state index contributed by atoms with van der Waals surface area (Å²) in [4.78, 5) is 0. The minimum atomic E-state index is -0.00984. The van der Waals surface area contributed by atoms with Crippen LogP contribution in [0.15, 0.2) is 0 Å². The zero-order valence-electron chi connectivity index (χ0n) is 9.80. The molecule has 1 saturated heterocycles. The van der Waals surface area contributed by atoms with Crippen molar-refractivity contribution < 1.29 is 4.74 Å². The summed E-state index contributed by atoms with van der Waals surface area (Å²) in [5.74, 6) is 0.894. The van der Waals surface area contributed by atoms with Crippen LogP contribution in [0.1, 0.15) is 39.0 Å². The van der Waals surface area contributed by atoms with Crippen molar-refractivity contribution in [2.45, 2.75) is 50.6 Å². The molecule has 2 aliphatic rings. The predicted molar refractivity (Wildman–Crippen MR) is 61.8 cm³/mol. The van der Waals surface area contributed by atoms with Crippen molar-refractivity contribution in [3.8, 4) is 0 Å². The van der Waals surface area contributed by atoms with Gasteiger partial charge in [-0.3, -0.25) is 0 Å². The van der Waals surface area contributed by atoms with Gasteiger partial charge in [0.25, 0.3) is 0 Å².